The van der Waals surface area contributed by atoms with E-state index in [2.05, 4.69) is 53.8 Å². The van der Waals surface area contributed by atoms with Gasteiger partial charge >= 0.3 is 0 Å². The Morgan fingerprint density at radius 2 is 1.52 bits per heavy atom. The quantitative estimate of drug-likeness (QED) is 0.427. The maximum atomic E-state index is 12.6. The van der Waals surface area contributed by atoms with Crippen molar-refractivity contribution in [3.8, 4) is 0 Å². The molecule has 1 rings (SSSR count). The highest BCUT2D eigenvalue weighted by molar-refractivity contribution is 5.99. The standard InChI is InChI=1S/C22H30O/c1-14(2)9-22(23)21-13-19(8)18(7)12-20(21)11-16(5)10-17(6)15(3)4/h12-13H,1,5,9-11H2,2-4,6-8H3. The van der Waals surface area contributed by atoms with Gasteiger partial charge in [0.25, 0.3) is 0 Å². The average Bonchev–Trinajstić information content (AvgIpc) is 2.41. The normalized spacial score (nSPS) is 10.3. The van der Waals surface area contributed by atoms with E-state index in [-0.39, 0.29) is 5.78 Å². The van der Waals surface area contributed by atoms with Crippen molar-refractivity contribution < 1.29 is 4.79 Å². The van der Waals surface area contributed by atoms with Gasteiger partial charge in [0.2, 0.25) is 0 Å². The molecule has 0 bridgehead atoms. The van der Waals surface area contributed by atoms with Crippen molar-refractivity contribution in [2.45, 2.75) is 60.8 Å². The van der Waals surface area contributed by atoms with Crippen molar-refractivity contribution in [2.75, 3.05) is 0 Å². The summed E-state index contributed by atoms with van der Waals surface area (Å²) in [6, 6.07) is 4.17. The van der Waals surface area contributed by atoms with Crippen LogP contribution in [0, 0.1) is 13.8 Å². The highest BCUT2D eigenvalue weighted by Gasteiger charge is 2.14. The summed E-state index contributed by atoms with van der Waals surface area (Å²) in [5.41, 5.74) is 9.04. The van der Waals surface area contributed by atoms with Crippen molar-refractivity contribution in [2.24, 2.45) is 0 Å². The van der Waals surface area contributed by atoms with Crippen LogP contribution in [0.5, 0.6) is 0 Å². The van der Waals surface area contributed by atoms with Crippen LogP contribution in [0.1, 0.15) is 67.6 Å². The van der Waals surface area contributed by atoms with Gasteiger partial charge in [-0.1, -0.05) is 41.5 Å². The largest absolute Gasteiger partial charge is 0.294 e. The fraction of sp³-hybridized carbons (Fsp3) is 0.409. The van der Waals surface area contributed by atoms with E-state index < -0.39 is 0 Å². The topological polar surface area (TPSA) is 17.1 Å². The first-order chi connectivity index (χ1) is 10.6. The third-order valence-electron chi connectivity index (χ3n) is 4.29. The minimum atomic E-state index is 0.155. The summed E-state index contributed by atoms with van der Waals surface area (Å²) in [5.74, 6) is 0.155. The SMILES string of the molecule is C=C(C)CC(=O)c1cc(C)c(C)cc1CC(=C)CC(C)=C(C)C. The zero-order valence-electron chi connectivity index (χ0n) is 15.6. The molecule has 0 aromatic heterocycles. The van der Waals surface area contributed by atoms with Gasteiger partial charge in [0.15, 0.2) is 5.78 Å². The Hall–Kier alpha value is -1.89. The third kappa shape index (κ3) is 5.67. The number of benzene rings is 1. The molecule has 23 heavy (non-hydrogen) atoms. The van der Waals surface area contributed by atoms with Gasteiger partial charge in [0, 0.05) is 12.0 Å². The lowest BCUT2D eigenvalue weighted by molar-refractivity contribution is 0.0992. The Morgan fingerprint density at radius 3 is 2.04 bits per heavy atom. The molecule has 0 saturated heterocycles. The summed E-state index contributed by atoms with van der Waals surface area (Å²) >= 11 is 0. The molecule has 1 heteroatoms. The Morgan fingerprint density at radius 1 is 0.957 bits per heavy atom. The summed E-state index contributed by atoms with van der Waals surface area (Å²) in [6.45, 7) is 20.5. The fourth-order valence-corrected chi connectivity index (χ4v) is 2.53. The lowest BCUT2D eigenvalue weighted by atomic mass is 9.90. The zero-order valence-corrected chi connectivity index (χ0v) is 15.6. The Kier molecular flexibility index (Phi) is 6.75. The van der Waals surface area contributed by atoms with Gasteiger partial charge < -0.3 is 0 Å². The lowest BCUT2D eigenvalue weighted by Crippen LogP contribution is -2.07. The zero-order chi connectivity index (χ0) is 17.7. The van der Waals surface area contributed by atoms with E-state index in [0.717, 1.165) is 40.7 Å². The molecule has 0 saturated carbocycles. The molecule has 0 N–H and O–H groups in total. The van der Waals surface area contributed by atoms with Gasteiger partial charge in [-0.15, -0.1) is 0 Å². The molecule has 0 fully saturated rings. The first kappa shape index (κ1) is 19.2. The van der Waals surface area contributed by atoms with E-state index in [0.29, 0.717) is 6.42 Å². The van der Waals surface area contributed by atoms with Crippen LogP contribution >= 0.6 is 0 Å². The van der Waals surface area contributed by atoms with Crippen molar-refractivity contribution in [3.05, 3.63) is 69.8 Å². The predicted octanol–water partition coefficient (Wildman–Crippen LogP) is 6.30. The van der Waals surface area contributed by atoms with E-state index in [1.165, 1.54) is 16.7 Å². The molecule has 1 aromatic rings. The number of rotatable bonds is 7. The molecular formula is C22H30O. The van der Waals surface area contributed by atoms with Crippen molar-refractivity contribution in [1.29, 1.82) is 0 Å². The number of aryl methyl sites for hydroxylation is 2. The summed E-state index contributed by atoms with van der Waals surface area (Å²) < 4.78 is 0. The minimum Gasteiger partial charge on any atom is -0.294 e. The lowest BCUT2D eigenvalue weighted by Gasteiger charge is -2.14. The highest BCUT2D eigenvalue weighted by atomic mass is 16.1. The number of carbonyl (C=O) groups is 1. The number of ketones is 1. The van der Waals surface area contributed by atoms with Crippen LogP contribution in [0.25, 0.3) is 0 Å². The molecule has 0 spiro atoms. The van der Waals surface area contributed by atoms with Crippen LogP contribution in [0.2, 0.25) is 0 Å². The number of Topliss-reactive ketones (excluding diaryl/α,β-unsaturated/α-hetero) is 1. The second kappa shape index (κ2) is 8.10. The Labute approximate surface area is 141 Å². The van der Waals surface area contributed by atoms with Crippen molar-refractivity contribution in [1.82, 2.24) is 0 Å². The third-order valence-corrected chi connectivity index (χ3v) is 4.29. The number of hydrogen-bond donors (Lipinski definition) is 0. The smallest absolute Gasteiger partial charge is 0.167 e. The van der Waals surface area contributed by atoms with Crippen LogP contribution in [0.3, 0.4) is 0 Å². The van der Waals surface area contributed by atoms with E-state index in [9.17, 15) is 4.79 Å². The Bertz CT molecular complexity index is 667. The molecule has 0 heterocycles. The number of allylic oxidation sites excluding steroid dienone is 4. The molecule has 1 aromatic carbocycles. The molecule has 0 aliphatic rings. The van der Waals surface area contributed by atoms with Gasteiger partial charge in [-0.2, -0.15) is 0 Å². The van der Waals surface area contributed by atoms with Gasteiger partial charge in [-0.05, 0) is 77.1 Å². The molecule has 0 aliphatic carbocycles. The van der Waals surface area contributed by atoms with Crippen LogP contribution in [-0.4, -0.2) is 5.78 Å². The van der Waals surface area contributed by atoms with Crippen LogP contribution < -0.4 is 0 Å². The first-order valence-corrected chi connectivity index (χ1v) is 8.19. The average molecular weight is 310 g/mol. The predicted molar refractivity (Wildman–Crippen MR) is 101 cm³/mol. The molecule has 0 aliphatic heterocycles. The summed E-state index contributed by atoms with van der Waals surface area (Å²) in [5, 5.41) is 0. The molecule has 124 valence electrons. The van der Waals surface area contributed by atoms with E-state index >= 15 is 0 Å². The molecule has 1 nitrogen and oxygen atoms in total. The molecule has 0 atom stereocenters. The van der Waals surface area contributed by atoms with Gasteiger partial charge in [0.05, 0.1) is 0 Å². The maximum absolute atomic E-state index is 12.6. The van der Waals surface area contributed by atoms with Gasteiger partial charge in [-0.25, -0.2) is 0 Å². The Balaban J connectivity index is 3.12. The van der Waals surface area contributed by atoms with Crippen LogP contribution in [-0.2, 0) is 6.42 Å². The van der Waals surface area contributed by atoms with Crippen molar-refractivity contribution >= 4 is 5.78 Å². The van der Waals surface area contributed by atoms with Gasteiger partial charge in [0.1, 0.15) is 0 Å². The van der Waals surface area contributed by atoms with Crippen LogP contribution in [0.15, 0.2) is 47.6 Å². The minimum absolute atomic E-state index is 0.155. The monoisotopic (exact) mass is 310 g/mol. The molecular weight excluding hydrogens is 280 g/mol. The second-order valence-corrected chi connectivity index (χ2v) is 7.03. The van der Waals surface area contributed by atoms with Crippen molar-refractivity contribution in [3.63, 3.8) is 0 Å². The van der Waals surface area contributed by atoms with Gasteiger partial charge in [-0.3, -0.25) is 4.79 Å². The summed E-state index contributed by atoms with van der Waals surface area (Å²) in [6.07, 6.45) is 2.06. The second-order valence-electron chi connectivity index (χ2n) is 7.03. The summed E-state index contributed by atoms with van der Waals surface area (Å²) in [7, 11) is 0. The first-order valence-electron chi connectivity index (χ1n) is 8.19. The number of carbonyl (C=O) groups excluding carboxylic acids is 1. The molecule has 0 amide bonds. The van der Waals surface area contributed by atoms with E-state index in [1.807, 2.05) is 13.0 Å². The fourth-order valence-electron chi connectivity index (χ4n) is 2.53. The maximum Gasteiger partial charge on any atom is 0.167 e. The molecule has 0 unspecified atom stereocenters. The highest BCUT2D eigenvalue weighted by Crippen LogP contribution is 2.24. The molecule has 0 radical (unpaired) electrons. The summed E-state index contributed by atoms with van der Waals surface area (Å²) in [4.78, 5) is 12.6. The van der Waals surface area contributed by atoms with Crippen LogP contribution in [0.4, 0.5) is 0 Å². The number of hydrogen-bond acceptors (Lipinski definition) is 1. The van der Waals surface area contributed by atoms with E-state index in [4.69, 9.17) is 0 Å². The van der Waals surface area contributed by atoms with E-state index in [1.54, 1.807) is 0 Å².